The van der Waals surface area contributed by atoms with Gasteiger partial charge in [-0.3, -0.25) is 9.59 Å². The van der Waals surface area contributed by atoms with Crippen molar-refractivity contribution in [2.45, 2.75) is 13.3 Å². The maximum atomic E-state index is 13.7. The third-order valence-electron chi connectivity index (χ3n) is 2.78. The third kappa shape index (κ3) is 2.61. The second kappa shape index (κ2) is 5.35. The Kier molecular flexibility index (Phi) is 4.29. The summed E-state index contributed by atoms with van der Waals surface area (Å²) in [5, 5.41) is 11.3. The molecule has 0 heterocycles. The summed E-state index contributed by atoms with van der Waals surface area (Å²) in [6, 6.07) is 4.27. The SMILES string of the molecule is CNC(=O)C(C)(Cc1cccc(Cl)c1F)C(=O)O. The van der Waals surface area contributed by atoms with Gasteiger partial charge in [-0.1, -0.05) is 23.7 Å². The molecule has 0 radical (unpaired) electrons. The second-order valence-electron chi connectivity index (χ2n) is 4.11. The molecule has 0 aliphatic rings. The number of nitrogens with one attached hydrogen (secondary N) is 1. The van der Waals surface area contributed by atoms with Crippen LogP contribution >= 0.6 is 11.6 Å². The van der Waals surface area contributed by atoms with Crippen molar-refractivity contribution in [1.29, 1.82) is 0 Å². The minimum absolute atomic E-state index is 0.0935. The minimum Gasteiger partial charge on any atom is -0.480 e. The Morgan fingerprint density at radius 1 is 1.50 bits per heavy atom. The van der Waals surface area contributed by atoms with Crippen LogP contribution in [0.4, 0.5) is 4.39 Å². The van der Waals surface area contributed by atoms with E-state index in [0.717, 1.165) is 0 Å². The summed E-state index contributed by atoms with van der Waals surface area (Å²) in [5.74, 6) is -2.70. The Bertz CT molecular complexity index is 492. The Labute approximate surface area is 109 Å². The van der Waals surface area contributed by atoms with Gasteiger partial charge in [0.25, 0.3) is 0 Å². The molecule has 0 aliphatic heterocycles. The van der Waals surface area contributed by atoms with Crippen molar-refractivity contribution in [2.75, 3.05) is 7.05 Å². The van der Waals surface area contributed by atoms with Crippen molar-refractivity contribution in [1.82, 2.24) is 5.32 Å². The highest BCUT2D eigenvalue weighted by Crippen LogP contribution is 2.27. The van der Waals surface area contributed by atoms with E-state index in [4.69, 9.17) is 16.7 Å². The van der Waals surface area contributed by atoms with Gasteiger partial charge in [0.1, 0.15) is 11.2 Å². The van der Waals surface area contributed by atoms with E-state index in [1.165, 1.54) is 32.2 Å². The molecular formula is C12H13ClFNO3. The maximum Gasteiger partial charge on any atom is 0.319 e. The van der Waals surface area contributed by atoms with Crippen LogP contribution in [0.2, 0.25) is 5.02 Å². The lowest BCUT2D eigenvalue weighted by Crippen LogP contribution is -2.44. The molecule has 18 heavy (non-hydrogen) atoms. The number of hydrogen-bond acceptors (Lipinski definition) is 2. The van der Waals surface area contributed by atoms with Gasteiger partial charge in [-0.15, -0.1) is 0 Å². The summed E-state index contributed by atoms with van der Waals surface area (Å²) < 4.78 is 13.7. The average molecular weight is 274 g/mol. The normalized spacial score (nSPS) is 13.8. The highest BCUT2D eigenvalue weighted by Gasteiger charge is 2.41. The topological polar surface area (TPSA) is 66.4 Å². The highest BCUT2D eigenvalue weighted by atomic mass is 35.5. The number of carboxylic acid groups (broad SMARTS) is 1. The highest BCUT2D eigenvalue weighted by molar-refractivity contribution is 6.30. The Hall–Kier alpha value is -1.62. The van der Waals surface area contributed by atoms with E-state index in [-0.39, 0.29) is 17.0 Å². The molecule has 0 saturated carbocycles. The van der Waals surface area contributed by atoms with Crippen LogP contribution in [0.15, 0.2) is 18.2 Å². The van der Waals surface area contributed by atoms with Gasteiger partial charge in [0.2, 0.25) is 5.91 Å². The van der Waals surface area contributed by atoms with Crippen LogP contribution in [0, 0.1) is 11.2 Å². The monoisotopic (exact) mass is 273 g/mol. The van der Waals surface area contributed by atoms with E-state index >= 15 is 0 Å². The van der Waals surface area contributed by atoms with Crippen molar-refractivity contribution in [3.8, 4) is 0 Å². The van der Waals surface area contributed by atoms with Crippen LogP contribution in [0.5, 0.6) is 0 Å². The fraction of sp³-hybridized carbons (Fsp3) is 0.333. The maximum absolute atomic E-state index is 13.7. The van der Waals surface area contributed by atoms with E-state index < -0.39 is 23.1 Å². The molecule has 0 saturated heterocycles. The second-order valence-corrected chi connectivity index (χ2v) is 4.51. The zero-order chi connectivity index (χ0) is 13.9. The van der Waals surface area contributed by atoms with Crippen LogP contribution in [-0.2, 0) is 16.0 Å². The Morgan fingerprint density at radius 3 is 2.61 bits per heavy atom. The quantitative estimate of drug-likeness (QED) is 0.823. The Balaban J connectivity index is 3.16. The zero-order valence-electron chi connectivity index (χ0n) is 9.96. The van der Waals surface area contributed by atoms with E-state index in [1.54, 1.807) is 0 Å². The molecule has 0 aliphatic carbocycles. The first-order valence-electron chi connectivity index (χ1n) is 5.21. The van der Waals surface area contributed by atoms with Gasteiger partial charge < -0.3 is 10.4 Å². The molecule has 1 aromatic carbocycles. The molecular weight excluding hydrogens is 261 g/mol. The fourth-order valence-electron chi connectivity index (χ4n) is 1.59. The van der Waals surface area contributed by atoms with Crippen LogP contribution < -0.4 is 5.32 Å². The zero-order valence-corrected chi connectivity index (χ0v) is 10.7. The molecule has 1 rings (SSSR count). The van der Waals surface area contributed by atoms with Crippen molar-refractivity contribution < 1.29 is 19.1 Å². The number of carboxylic acids is 1. The fourth-order valence-corrected chi connectivity index (χ4v) is 1.79. The molecule has 0 spiro atoms. The average Bonchev–Trinajstić information content (AvgIpc) is 2.33. The first-order chi connectivity index (χ1) is 8.32. The molecule has 1 unspecified atom stereocenters. The number of halogens is 2. The summed E-state index contributed by atoms with van der Waals surface area (Å²) in [5.41, 5.74) is -1.64. The minimum atomic E-state index is -1.74. The van der Waals surface area contributed by atoms with Crippen molar-refractivity contribution >= 4 is 23.5 Å². The molecule has 1 atom stereocenters. The lowest BCUT2D eigenvalue weighted by molar-refractivity contribution is -0.154. The number of aliphatic carboxylic acids is 1. The van der Waals surface area contributed by atoms with Crippen LogP contribution in [-0.4, -0.2) is 24.0 Å². The number of benzene rings is 1. The smallest absolute Gasteiger partial charge is 0.319 e. The predicted octanol–water partition coefficient (Wildman–Crippen LogP) is 1.86. The van der Waals surface area contributed by atoms with Gasteiger partial charge >= 0.3 is 5.97 Å². The van der Waals surface area contributed by atoms with Crippen molar-refractivity contribution in [2.24, 2.45) is 5.41 Å². The number of hydrogen-bond donors (Lipinski definition) is 2. The molecule has 4 nitrogen and oxygen atoms in total. The van der Waals surface area contributed by atoms with Crippen molar-refractivity contribution in [3.05, 3.63) is 34.6 Å². The van der Waals surface area contributed by atoms with E-state index in [2.05, 4.69) is 5.32 Å². The molecule has 2 N–H and O–H groups in total. The summed E-state index contributed by atoms with van der Waals surface area (Å²) in [7, 11) is 1.33. The molecule has 0 fully saturated rings. The van der Waals surface area contributed by atoms with Gasteiger partial charge in [0.15, 0.2) is 0 Å². The first kappa shape index (κ1) is 14.4. The largest absolute Gasteiger partial charge is 0.480 e. The molecule has 1 amide bonds. The number of amides is 1. The number of carbonyl (C=O) groups is 2. The molecule has 1 aromatic rings. The number of carbonyl (C=O) groups excluding carboxylic acids is 1. The molecule has 0 bridgehead atoms. The van der Waals surface area contributed by atoms with E-state index in [1.807, 2.05) is 0 Å². The standard InChI is InChI=1S/C12H13ClFNO3/c1-12(11(17)18,10(16)15-2)6-7-4-3-5-8(13)9(7)14/h3-5H,6H2,1-2H3,(H,15,16)(H,17,18). The van der Waals surface area contributed by atoms with Gasteiger partial charge in [0.05, 0.1) is 5.02 Å². The molecule has 98 valence electrons. The third-order valence-corrected chi connectivity index (χ3v) is 3.07. The first-order valence-corrected chi connectivity index (χ1v) is 5.59. The summed E-state index contributed by atoms with van der Waals surface area (Å²) >= 11 is 5.61. The molecule has 0 aromatic heterocycles. The van der Waals surface area contributed by atoms with Crippen LogP contribution in [0.3, 0.4) is 0 Å². The van der Waals surface area contributed by atoms with Gasteiger partial charge in [-0.2, -0.15) is 0 Å². The van der Waals surface area contributed by atoms with Gasteiger partial charge in [-0.25, -0.2) is 4.39 Å². The Morgan fingerprint density at radius 2 is 2.11 bits per heavy atom. The number of rotatable bonds is 4. The lowest BCUT2D eigenvalue weighted by Gasteiger charge is -2.23. The van der Waals surface area contributed by atoms with Crippen molar-refractivity contribution in [3.63, 3.8) is 0 Å². The summed E-state index contributed by atoms with van der Waals surface area (Å²) in [4.78, 5) is 22.8. The summed E-state index contributed by atoms with van der Waals surface area (Å²) in [6.45, 7) is 1.24. The molecule has 6 heteroatoms. The van der Waals surface area contributed by atoms with Gasteiger partial charge in [-0.05, 0) is 18.6 Å². The van der Waals surface area contributed by atoms with Crippen LogP contribution in [0.25, 0.3) is 0 Å². The summed E-state index contributed by atoms with van der Waals surface area (Å²) in [6.07, 6.45) is -0.269. The van der Waals surface area contributed by atoms with Gasteiger partial charge in [0, 0.05) is 13.5 Å². The predicted molar refractivity (Wildman–Crippen MR) is 64.9 cm³/mol. The lowest BCUT2D eigenvalue weighted by atomic mass is 9.82. The van der Waals surface area contributed by atoms with E-state index in [0.29, 0.717) is 0 Å². The van der Waals surface area contributed by atoms with Crippen LogP contribution in [0.1, 0.15) is 12.5 Å². The van der Waals surface area contributed by atoms with E-state index in [9.17, 15) is 14.0 Å².